The predicted molar refractivity (Wildman–Crippen MR) is 60.2 cm³/mol. The topological polar surface area (TPSA) is 62.0 Å². The first-order valence-electron chi connectivity index (χ1n) is 4.91. The maximum atomic E-state index is 12.8. The van der Waals surface area contributed by atoms with Gasteiger partial charge in [0.2, 0.25) is 0 Å². The van der Waals surface area contributed by atoms with Crippen LogP contribution in [0.15, 0.2) is 42.6 Å². The van der Waals surface area contributed by atoms with E-state index in [1.807, 2.05) is 0 Å². The number of Topliss-reactive ketones (excluding diaryl/α,β-unsaturated/α-hetero) is 1. The van der Waals surface area contributed by atoms with Crippen LogP contribution in [0.3, 0.4) is 0 Å². The van der Waals surface area contributed by atoms with Gasteiger partial charge in [-0.2, -0.15) is 0 Å². The van der Waals surface area contributed by atoms with Crippen molar-refractivity contribution in [1.29, 1.82) is 0 Å². The van der Waals surface area contributed by atoms with Gasteiger partial charge in [0.1, 0.15) is 5.82 Å². The van der Waals surface area contributed by atoms with Crippen LogP contribution in [0.4, 0.5) is 10.1 Å². The molecule has 0 saturated carbocycles. The van der Waals surface area contributed by atoms with E-state index in [1.165, 1.54) is 24.3 Å². The molecule has 2 rings (SSSR count). The highest BCUT2D eigenvalue weighted by Gasteiger charge is 2.16. The van der Waals surface area contributed by atoms with Crippen molar-refractivity contribution in [3.63, 3.8) is 0 Å². The van der Waals surface area contributed by atoms with Crippen LogP contribution in [0.25, 0.3) is 0 Å². The number of nitrogens with one attached hydrogen (secondary N) is 2. The fourth-order valence-corrected chi connectivity index (χ4v) is 1.35. The van der Waals surface area contributed by atoms with E-state index in [9.17, 15) is 14.0 Å². The van der Waals surface area contributed by atoms with Gasteiger partial charge in [0.25, 0.3) is 11.7 Å². The van der Waals surface area contributed by atoms with Crippen molar-refractivity contribution < 1.29 is 14.0 Å². The summed E-state index contributed by atoms with van der Waals surface area (Å²) in [5, 5.41) is 2.32. The Morgan fingerprint density at radius 1 is 1.18 bits per heavy atom. The van der Waals surface area contributed by atoms with Gasteiger partial charge in [-0.05, 0) is 30.3 Å². The maximum Gasteiger partial charge on any atom is 0.298 e. The first-order chi connectivity index (χ1) is 8.16. The lowest BCUT2D eigenvalue weighted by atomic mass is 10.2. The molecule has 2 N–H and O–H groups in total. The fraction of sp³-hybridized carbons (Fsp3) is 0. The van der Waals surface area contributed by atoms with Gasteiger partial charge in [0, 0.05) is 11.9 Å². The molecule has 86 valence electrons. The predicted octanol–water partition coefficient (Wildman–Crippen LogP) is 1.98. The van der Waals surface area contributed by atoms with Gasteiger partial charge in [0.05, 0.1) is 5.69 Å². The minimum atomic E-state index is -0.807. The van der Waals surface area contributed by atoms with E-state index >= 15 is 0 Å². The van der Waals surface area contributed by atoms with Crippen LogP contribution in [0.1, 0.15) is 10.5 Å². The highest BCUT2D eigenvalue weighted by Crippen LogP contribution is 2.09. The molecule has 2 aromatic rings. The quantitative estimate of drug-likeness (QED) is 0.627. The van der Waals surface area contributed by atoms with Crippen molar-refractivity contribution >= 4 is 17.4 Å². The lowest BCUT2D eigenvalue weighted by Crippen LogP contribution is -2.23. The van der Waals surface area contributed by atoms with Crippen LogP contribution < -0.4 is 5.32 Å². The van der Waals surface area contributed by atoms with Crippen LogP contribution >= 0.6 is 0 Å². The van der Waals surface area contributed by atoms with Gasteiger partial charge in [-0.15, -0.1) is 0 Å². The summed E-state index contributed by atoms with van der Waals surface area (Å²) in [7, 11) is 0. The number of benzene rings is 1. The van der Waals surface area contributed by atoms with E-state index in [0.717, 1.165) is 6.07 Å². The van der Waals surface area contributed by atoms with Crippen LogP contribution in [-0.2, 0) is 4.79 Å². The number of ketones is 1. The first kappa shape index (κ1) is 11.1. The fourth-order valence-electron chi connectivity index (χ4n) is 1.35. The van der Waals surface area contributed by atoms with Crippen molar-refractivity contribution in [2.75, 3.05) is 5.32 Å². The van der Waals surface area contributed by atoms with Crippen LogP contribution in [0.5, 0.6) is 0 Å². The molecule has 0 fully saturated rings. The van der Waals surface area contributed by atoms with E-state index in [0.29, 0.717) is 0 Å². The number of aromatic amines is 1. The molecule has 0 bridgehead atoms. The molecule has 0 radical (unpaired) electrons. The average Bonchev–Trinajstić information content (AvgIpc) is 2.81. The monoisotopic (exact) mass is 232 g/mol. The highest BCUT2D eigenvalue weighted by atomic mass is 19.1. The Morgan fingerprint density at radius 3 is 2.65 bits per heavy atom. The number of carbonyl (C=O) groups excluding carboxylic acids is 2. The Labute approximate surface area is 96.5 Å². The molecule has 0 saturated heterocycles. The van der Waals surface area contributed by atoms with Crippen LogP contribution in [-0.4, -0.2) is 16.7 Å². The zero-order valence-electron chi connectivity index (χ0n) is 8.74. The minimum Gasteiger partial charge on any atom is -0.358 e. The van der Waals surface area contributed by atoms with Gasteiger partial charge in [-0.25, -0.2) is 4.39 Å². The molecule has 1 heterocycles. The lowest BCUT2D eigenvalue weighted by Gasteiger charge is -2.03. The van der Waals surface area contributed by atoms with Crippen LogP contribution in [0, 0.1) is 5.82 Å². The summed E-state index contributed by atoms with van der Waals surface area (Å²) in [6.45, 7) is 0. The molecule has 5 heteroatoms. The molecule has 4 nitrogen and oxygen atoms in total. The molecule has 1 amide bonds. The van der Waals surface area contributed by atoms with E-state index in [-0.39, 0.29) is 11.4 Å². The van der Waals surface area contributed by atoms with E-state index in [4.69, 9.17) is 0 Å². The van der Waals surface area contributed by atoms with Crippen molar-refractivity contribution in [3.05, 3.63) is 54.1 Å². The number of H-pyrrole nitrogens is 1. The molecular formula is C12H9FN2O2. The Morgan fingerprint density at radius 2 is 2.00 bits per heavy atom. The van der Waals surface area contributed by atoms with Crippen molar-refractivity contribution in [1.82, 2.24) is 4.98 Å². The summed E-state index contributed by atoms with van der Waals surface area (Å²) >= 11 is 0. The van der Waals surface area contributed by atoms with Gasteiger partial charge in [0.15, 0.2) is 0 Å². The Kier molecular flexibility index (Phi) is 3.00. The van der Waals surface area contributed by atoms with Gasteiger partial charge in [-0.3, -0.25) is 9.59 Å². The van der Waals surface area contributed by atoms with Gasteiger partial charge >= 0.3 is 0 Å². The number of carbonyl (C=O) groups is 2. The van der Waals surface area contributed by atoms with Gasteiger partial charge < -0.3 is 10.3 Å². The summed E-state index contributed by atoms with van der Waals surface area (Å²) < 4.78 is 12.8. The molecule has 0 aliphatic carbocycles. The Bertz CT molecular complexity index is 549. The Balaban J connectivity index is 2.10. The number of hydrogen-bond acceptors (Lipinski definition) is 2. The van der Waals surface area contributed by atoms with E-state index < -0.39 is 17.5 Å². The van der Waals surface area contributed by atoms with Crippen molar-refractivity contribution in [2.45, 2.75) is 0 Å². The number of aromatic nitrogens is 1. The van der Waals surface area contributed by atoms with Crippen LogP contribution in [0.2, 0.25) is 0 Å². The normalized spacial score (nSPS) is 9.94. The third-order valence-corrected chi connectivity index (χ3v) is 2.13. The van der Waals surface area contributed by atoms with E-state index in [2.05, 4.69) is 10.3 Å². The average molecular weight is 232 g/mol. The second-order valence-electron chi connectivity index (χ2n) is 3.38. The van der Waals surface area contributed by atoms with Crippen molar-refractivity contribution in [2.24, 2.45) is 0 Å². The number of anilines is 1. The molecule has 1 aromatic carbocycles. The summed E-state index contributed by atoms with van der Waals surface area (Å²) in [5.41, 5.74) is 0.439. The SMILES string of the molecule is O=C(Nc1cccc(F)c1)C(=O)c1ccc[nH]1. The molecule has 0 atom stereocenters. The van der Waals surface area contributed by atoms with E-state index in [1.54, 1.807) is 12.3 Å². The first-order valence-corrected chi connectivity index (χ1v) is 4.91. The van der Waals surface area contributed by atoms with Crippen molar-refractivity contribution in [3.8, 4) is 0 Å². The van der Waals surface area contributed by atoms with Gasteiger partial charge in [-0.1, -0.05) is 6.07 Å². The Hall–Kier alpha value is -2.43. The zero-order valence-corrected chi connectivity index (χ0v) is 8.74. The number of rotatable bonds is 3. The highest BCUT2D eigenvalue weighted by molar-refractivity contribution is 6.46. The third kappa shape index (κ3) is 2.57. The minimum absolute atomic E-state index is 0.193. The summed E-state index contributed by atoms with van der Waals surface area (Å²) in [5.74, 6) is -1.98. The molecule has 0 spiro atoms. The number of halogens is 1. The third-order valence-electron chi connectivity index (χ3n) is 2.13. The second-order valence-corrected chi connectivity index (χ2v) is 3.38. The zero-order chi connectivity index (χ0) is 12.3. The smallest absolute Gasteiger partial charge is 0.298 e. The molecule has 0 aliphatic rings. The molecule has 1 aromatic heterocycles. The number of hydrogen-bond donors (Lipinski definition) is 2. The molecule has 0 aliphatic heterocycles. The summed E-state index contributed by atoms with van der Waals surface area (Å²) in [6, 6.07) is 8.45. The lowest BCUT2D eigenvalue weighted by molar-refractivity contribution is -0.112. The summed E-state index contributed by atoms with van der Waals surface area (Å²) in [4.78, 5) is 25.7. The number of amides is 1. The summed E-state index contributed by atoms with van der Waals surface area (Å²) in [6.07, 6.45) is 1.54. The largest absolute Gasteiger partial charge is 0.358 e. The second kappa shape index (κ2) is 4.61. The molecule has 17 heavy (non-hydrogen) atoms. The molecule has 0 unspecified atom stereocenters. The standard InChI is InChI=1S/C12H9FN2O2/c13-8-3-1-4-9(7-8)15-12(17)11(16)10-5-2-6-14-10/h1-7,14H,(H,15,17). The maximum absolute atomic E-state index is 12.8. The molecular weight excluding hydrogens is 223 g/mol.